The van der Waals surface area contributed by atoms with E-state index in [2.05, 4.69) is 76.7 Å². The van der Waals surface area contributed by atoms with Crippen LogP contribution < -0.4 is 9.30 Å². The van der Waals surface area contributed by atoms with Gasteiger partial charge in [0.2, 0.25) is 5.69 Å². The minimum atomic E-state index is -0.221. The Morgan fingerprint density at radius 1 is 0.914 bits per heavy atom. The molecule has 0 bridgehead atoms. The largest absolute Gasteiger partial charge is 0.455 e. The van der Waals surface area contributed by atoms with Crippen LogP contribution in [0.1, 0.15) is 44.4 Å². The van der Waals surface area contributed by atoms with Gasteiger partial charge in [-0.2, -0.15) is 0 Å². The third-order valence-electron chi connectivity index (χ3n) is 7.44. The molecule has 1 aromatic heterocycles. The first-order valence-corrected chi connectivity index (χ1v) is 12.5. The minimum Gasteiger partial charge on any atom is -0.455 e. The summed E-state index contributed by atoms with van der Waals surface area (Å²) in [6.45, 7) is 11.2. The van der Waals surface area contributed by atoms with Crippen LogP contribution in [-0.4, -0.2) is 0 Å². The van der Waals surface area contributed by atoms with Crippen molar-refractivity contribution in [3.05, 3.63) is 77.2 Å². The Bertz CT molecular complexity index is 1690. The average molecular weight is 465 g/mol. The molecule has 0 atom stereocenters. The molecule has 6 rings (SSSR count). The Kier molecular flexibility index (Phi) is 4.73. The highest BCUT2D eigenvalue weighted by Crippen LogP contribution is 2.52. The third-order valence-corrected chi connectivity index (χ3v) is 7.44. The zero-order valence-corrected chi connectivity index (χ0v) is 21.3. The summed E-state index contributed by atoms with van der Waals surface area (Å²) < 4.78 is 23.9. The summed E-state index contributed by atoms with van der Waals surface area (Å²) in [5.41, 5.74) is 6.17. The van der Waals surface area contributed by atoms with Crippen LogP contribution in [0.3, 0.4) is 0 Å². The van der Waals surface area contributed by atoms with Crippen LogP contribution in [0.4, 0.5) is 4.39 Å². The highest BCUT2D eigenvalue weighted by molar-refractivity contribution is 6.16. The van der Waals surface area contributed by atoms with Gasteiger partial charge in [0.15, 0.2) is 6.20 Å². The van der Waals surface area contributed by atoms with E-state index in [1.807, 2.05) is 12.1 Å². The fraction of sp³-hybridized carbons (Fsp3) is 0.281. The van der Waals surface area contributed by atoms with Gasteiger partial charge in [0, 0.05) is 22.4 Å². The smallest absolute Gasteiger partial charge is 0.228 e. The van der Waals surface area contributed by atoms with Crippen LogP contribution in [0.2, 0.25) is 0 Å². The molecular formula is C32H31FNO+. The number of rotatable bonds is 2. The van der Waals surface area contributed by atoms with E-state index in [1.165, 1.54) is 33.5 Å². The molecule has 1 aliphatic rings. The van der Waals surface area contributed by atoms with E-state index in [-0.39, 0.29) is 11.2 Å². The number of aromatic nitrogens is 1. The number of fused-ring (bicyclic) bond motifs is 5. The molecule has 2 heterocycles. The molecule has 0 fully saturated rings. The monoisotopic (exact) mass is 464 g/mol. The SMILES string of the molecule is CCc1ccc2c(CC(C)(C)C)c3c(c(C)c2c1)-c1c2c(cc4c(F)cccc4c2cc[n+]1C)O3. The van der Waals surface area contributed by atoms with E-state index in [0.717, 1.165) is 51.8 Å². The maximum Gasteiger partial charge on any atom is 0.228 e. The summed E-state index contributed by atoms with van der Waals surface area (Å²) in [5, 5.41) is 6.13. The molecule has 0 spiro atoms. The van der Waals surface area contributed by atoms with Gasteiger partial charge in [-0.3, -0.25) is 0 Å². The first-order chi connectivity index (χ1) is 16.7. The Morgan fingerprint density at radius 3 is 2.46 bits per heavy atom. The second kappa shape index (κ2) is 7.52. The molecule has 35 heavy (non-hydrogen) atoms. The predicted molar refractivity (Wildman–Crippen MR) is 143 cm³/mol. The van der Waals surface area contributed by atoms with Crippen LogP contribution in [0.15, 0.2) is 54.7 Å². The van der Waals surface area contributed by atoms with Crippen molar-refractivity contribution in [2.45, 2.75) is 47.5 Å². The van der Waals surface area contributed by atoms with Gasteiger partial charge in [-0.05, 0) is 64.6 Å². The molecular weight excluding hydrogens is 433 g/mol. The first kappa shape index (κ1) is 22.0. The molecule has 0 saturated heterocycles. The second-order valence-electron chi connectivity index (χ2n) is 11.2. The van der Waals surface area contributed by atoms with Crippen LogP contribution in [0.5, 0.6) is 11.5 Å². The molecule has 3 heteroatoms. The molecule has 0 N–H and O–H groups in total. The van der Waals surface area contributed by atoms with Crippen LogP contribution in [-0.2, 0) is 19.9 Å². The third kappa shape index (κ3) is 3.25. The average Bonchev–Trinajstić information content (AvgIpc) is 2.82. The van der Waals surface area contributed by atoms with Gasteiger partial charge < -0.3 is 4.74 Å². The Morgan fingerprint density at radius 2 is 1.71 bits per heavy atom. The van der Waals surface area contributed by atoms with Gasteiger partial charge in [-0.15, -0.1) is 0 Å². The Labute approximate surface area is 206 Å². The summed E-state index contributed by atoms with van der Waals surface area (Å²) in [6, 6.07) is 16.1. The number of aryl methyl sites for hydroxylation is 3. The molecule has 0 radical (unpaired) electrons. The Balaban J connectivity index is 1.82. The zero-order valence-electron chi connectivity index (χ0n) is 21.3. The number of halogens is 1. The molecule has 0 unspecified atom stereocenters. The molecule has 0 aliphatic carbocycles. The highest BCUT2D eigenvalue weighted by atomic mass is 19.1. The van der Waals surface area contributed by atoms with Crippen molar-refractivity contribution >= 4 is 32.3 Å². The van der Waals surface area contributed by atoms with Gasteiger partial charge in [0.05, 0.1) is 10.9 Å². The number of benzene rings is 4. The predicted octanol–water partition coefficient (Wildman–Crippen LogP) is 8.34. The maximum atomic E-state index is 14.9. The van der Waals surface area contributed by atoms with Gasteiger partial charge in [-0.25, -0.2) is 8.96 Å². The van der Waals surface area contributed by atoms with Gasteiger partial charge in [0.1, 0.15) is 24.4 Å². The topological polar surface area (TPSA) is 13.1 Å². The number of hydrogen-bond acceptors (Lipinski definition) is 1. The fourth-order valence-electron chi connectivity index (χ4n) is 5.80. The second-order valence-corrected chi connectivity index (χ2v) is 11.2. The lowest BCUT2D eigenvalue weighted by molar-refractivity contribution is -0.659. The van der Waals surface area contributed by atoms with Crippen LogP contribution >= 0.6 is 0 Å². The summed E-state index contributed by atoms with van der Waals surface area (Å²) in [6.07, 6.45) is 3.98. The summed E-state index contributed by atoms with van der Waals surface area (Å²) in [7, 11) is 2.10. The fourth-order valence-corrected chi connectivity index (χ4v) is 5.80. The van der Waals surface area contributed by atoms with E-state index < -0.39 is 0 Å². The van der Waals surface area contributed by atoms with Crippen molar-refractivity contribution in [3.8, 4) is 22.8 Å². The van der Waals surface area contributed by atoms with Gasteiger partial charge in [-0.1, -0.05) is 58.0 Å². The van der Waals surface area contributed by atoms with Gasteiger partial charge >= 0.3 is 0 Å². The van der Waals surface area contributed by atoms with Crippen molar-refractivity contribution in [2.75, 3.05) is 0 Å². The first-order valence-electron chi connectivity index (χ1n) is 12.5. The normalized spacial score (nSPS) is 12.9. The Hall–Kier alpha value is -3.46. The van der Waals surface area contributed by atoms with E-state index in [4.69, 9.17) is 4.74 Å². The lowest BCUT2D eigenvalue weighted by Crippen LogP contribution is -2.32. The molecule has 0 saturated carbocycles. The quantitative estimate of drug-likeness (QED) is 0.185. The molecule has 176 valence electrons. The number of nitrogens with zero attached hydrogens (tertiary/aromatic N) is 1. The van der Waals surface area contributed by atoms with Crippen molar-refractivity contribution in [3.63, 3.8) is 0 Å². The number of pyridine rings is 1. The number of hydrogen-bond donors (Lipinski definition) is 0. The van der Waals surface area contributed by atoms with E-state index >= 15 is 0 Å². The standard InChI is InChI=1S/C32H31FNO/c1-7-19-11-12-21-23(15-19)18(2)28-30-29-22(13-14-34(30)6)20-9-8-10-26(33)24(20)16-27(29)35-31(28)25(21)17-32(3,4)5/h8-16H,7,17H2,1-6H3/q+1. The minimum absolute atomic E-state index is 0.0761. The summed E-state index contributed by atoms with van der Waals surface area (Å²) in [4.78, 5) is 0. The lowest BCUT2D eigenvalue weighted by Gasteiger charge is -2.28. The van der Waals surface area contributed by atoms with Crippen LogP contribution in [0.25, 0.3) is 43.6 Å². The molecule has 2 nitrogen and oxygen atoms in total. The van der Waals surface area contributed by atoms with Crippen molar-refractivity contribution in [1.82, 2.24) is 0 Å². The summed E-state index contributed by atoms with van der Waals surface area (Å²) >= 11 is 0. The zero-order chi connectivity index (χ0) is 24.6. The van der Waals surface area contributed by atoms with Crippen molar-refractivity contribution in [1.29, 1.82) is 0 Å². The van der Waals surface area contributed by atoms with Crippen LogP contribution in [0, 0.1) is 18.2 Å². The molecule has 4 aromatic carbocycles. The lowest BCUT2D eigenvalue weighted by atomic mass is 9.81. The van der Waals surface area contributed by atoms with E-state index in [9.17, 15) is 4.39 Å². The maximum absolute atomic E-state index is 14.9. The molecule has 5 aromatic rings. The van der Waals surface area contributed by atoms with Gasteiger partial charge in [0.25, 0.3) is 0 Å². The highest BCUT2D eigenvalue weighted by Gasteiger charge is 2.34. The number of ether oxygens (including phenoxy) is 1. The van der Waals surface area contributed by atoms with Crippen molar-refractivity contribution < 1.29 is 13.7 Å². The van der Waals surface area contributed by atoms with E-state index in [0.29, 0.717) is 5.39 Å². The summed E-state index contributed by atoms with van der Waals surface area (Å²) in [5.74, 6) is 1.43. The van der Waals surface area contributed by atoms with E-state index in [1.54, 1.807) is 6.07 Å². The molecule has 0 amide bonds. The molecule has 1 aliphatic heterocycles. The van der Waals surface area contributed by atoms with Crippen molar-refractivity contribution in [2.24, 2.45) is 12.5 Å².